The van der Waals surface area contributed by atoms with Gasteiger partial charge in [0.2, 0.25) is 5.91 Å². The normalized spacial score (nSPS) is 18.4. The van der Waals surface area contributed by atoms with Crippen molar-refractivity contribution >= 4 is 29.1 Å². The zero-order valence-electron chi connectivity index (χ0n) is 17.1. The van der Waals surface area contributed by atoms with Crippen molar-refractivity contribution in [1.29, 1.82) is 0 Å². The van der Waals surface area contributed by atoms with Crippen LogP contribution in [0.3, 0.4) is 0 Å². The van der Waals surface area contributed by atoms with E-state index >= 15 is 0 Å². The van der Waals surface area contributed by atoms with E-state index in [0.29, 0.717) is 22.8 Å². The summed E-state index contributed by atoms with van der Waals surface area (Å²) in [5.41, 5.74) is 2.96. The van der Waals surface area contributed by atoms with Gasteiger partial charge in [0.25, 0.3) is 5.91 Å². The maximum atomic E-state index is 13.0. The Bertz CT molecular complexity index is 949. The number of amides is 2. The minimum absolute atomic E-state index is 0.00651. The molecule has 4 rings (SSSR count). The summed E-state index contributed by atoms with van der Waals surface area (Å²) in [5.74, 6) is -0.381. The molecule has 1 saturated heterocycles. The highest BCUT2D eigenvalue weighted by molar-refractivity contribution is 6.31. The molecule has 2 amide bonds. The van der Waals surface area contributed by atoms with Gasteiger partial charge in [-0.15, -0.1) is 0 Å². The lowest BCUT2D eigenvalue weighted by atomic mass is 10.1. The van der Waals surface area contributed by atoms with Crippen LogP contribution in [0.2, 0.25) is 5.02 Å². The molecule has 0 aromatic heterocycles. The SMILES string of the molecule is C=C1c2ccccc2C(=O)N1C(C)C(=O)NCC(c1ccccc1Cl)N1CCCC1. The van der Waals surface area contributed by atoms with Crippen molar-refractivity contribution in [3.8, 4) is 0 Å². The van der Waals surface area contributed by atoms with E-state index in [4.69, 9.17) is 11.6 Å². The van der Waals surface area contributed by atoms with Crippen molar-refractivity contribution in [3.05, 3.63) is 76.8 Å². The van der Waals surface area contributed by atoms with Crippen LogP contribution in [-0.2, 0) is 4.79 Å². The van der Waals surface area contributed by atoms with E-state index in [1.807, 2.05) is 42.5 Å². The predicted octanol–water partition coefficient (Wildman–Crippen LogP) is 4.11. The van der Waals surface area contributed by atoms with Crippen LogP contribution in [0.1, 0.15) is 47.3 Å². The third-order valence-corrected chi connectivity index (χ3v) is 6.40. The molecule has 0 saturated carbocycles. The first-order chi connectivity index (χ1) is 14.5. The molecule has 2 aromatic rings. The summed E-state index contributed by atoms with van der Waals surface area (Å²) in [5, 5.41) is 3.76. The van der Waals surface area contributed by atoms with Gasteiger partial charge in [0.15, 0.2) is 0 Å². The van der Waals surface area contributed by atoms with Gasteiger partial charge in [0.05, 0.1) is 6.04 Å². The molecule has 2 aliphatic rings. The maximum Gasteiger partial charge on any atom is 0.259 e. The monoisotopic (exact) mass is 423 g/mol. The van der Waals surface area contributed by atoms with Crippen LogP contribution in [0.25, 0.3) is 5.70 Å². The Morgan fingerprint density at radius 2 is 1.73 bits per heavy atom. The first-order valence-corrected chi connectivity index (χ1v) is 10.7. The second-order valence-electron chi connectivity index (χ2n) is 7.87. The van der Waals surface area contributed by atoms with Crippen LogP contribution in [0.15, 0.2) is 55.1 Å². The number of nitrogens with zero attached hydrogens (tertiary/aromatic N) is 2. The summed E-state index contributed by atoms with van der Waals surface area (Å²) >= 11 is 6.46. The molecule has 5 nitrogen and oxygen atoms in total. The predicted molar refractivity (Wildman–Crippen MR) is 119 cm³/mol. The smallest absolute Gasteiger partial charge is 0.259 e. The van der Waals surface area contributed by atoms with Gasteiger partial charge in [0, 0.05) is 28.4 Å². The lowest BCUT2D eigenvalue weighted by Crippen LogP contribution is -2.47. The number of hydrogen-bond donors (Lipinski definition) is 1. The number of hydrogen-bond acceptors (Lipinski definition) is 3. The van der Waals surface area contributed by atoms with Crippen molar-refractivity contribution in [1.82, 2.24) is 15.1 Å². The summed E-state index contributed by atoms with van der Waals surface area (Å²) in [6.45, 7) is 8.20. The van der Waals surface area contributed by atoms with Crippen LogP contribution in [-0.4, -0.2) is 47.3 Å². The summed E-state index contributed by atoms with van der Waals surface area (Å²) in [4.78, 5) is 29.7. The van der Waals surface area contributed by atoms with Crippen molar-refractivity contribution in [2.45, 2.75) is 31.8 Å². The summed E-state index contributed by atoms with van der Waals surface area (Å²) in [6, 6.07) is 14.5. The molecular formula is C24H26ClN3O2. The van der Waals surface area contributed by atoms with Gasteiger partial charge in [-0.25, -0.2) is 0 Å². The third kappa shape index (κ3) is 3.75. The first-order valence-electron chi connectivity index (χ1n) is 10.4. The summed E-state index contributed by atoms with van der Waals surface area (Å²) < 4.78 is 0. The molecular weight excluding hydrogens is 398 g/mol. The maximum absolute atomic E-state index is 13.0. The van der Waals surface area contributed by atoms with E-state index < -0.39 is 6.04 Å². The van der Waals surface area contributed by atoms with Crippen LogP contribution in [0, 0.1) is 0 Å². The highest BCUT2D eigenvalue weighted by Gasteiger charge is 2.37. The van der Waals surface area contributed by atoms with E-state index in [9.17, 15) is 9.59 Å². The van der Waals surface area contributed by atoms with E-state index in [1.165, 1.54) is 4.90 Å². The van der Waals surface area contributed by atoms with Gasteiger partial charge in [-0.1, -0.05) is 54.6 Å². The van der Waals surface area contributed by atoms with Crippen LogP contribution >= 0.6 is 11.6 Å². The Kier molecular flexibility index (Phi) is 5.93. The van der Waals surface area contributed by atoms with Gasteiger partial charge in [-0.2, -0.15) is 0 Å². The minimum Gasteiger partial charge on any atom is -0.352 e. The summed E-state index contributed by atoms with van der Waals surface area (Å²) in [6.07, 6.45) is 2.29. The quantitative estimate of drug-likeness (QED) is 0.760. The van der Waals surface area contributed by atoms with Gasteiger partial charge in [-0.05, 0) is 50.6 Å². The standard InChI is InChI=1S/C24H26ClN3O2/c1-16-18-9-3-4-10-19(18)24(30)28(16)17(2)23(29)26-15-22(27-13-7-8-14-27)20-11-5-6-12-21(20)25/h3-6,9-12,17,22H,1,7-8,13-15H2,2H3,(H,26,29). The van der Waals surface area contributed by atoms with Crippen molar-refractivity contribution in [2.24, 2.45) is 0 Å². The number of benzene rings is 2. The van der Waals surface area contributed by atoms with Gasteiger partial charge < -0.3 is 5.32 Å². The van der Waals surface area contributed by atoms with Gasteiger partial charge in [0.1, 0.15) is 6.04 Å². The number of fused-ring (bicyclic) bond motifs is 1. The zero-order chi connectivity index (χ0) is 21.3. The molecule has 30 heavy (non-hydrogen) atoms. The Balaban J connectivity index is 1.48. The number of nitrogens with one attached hydrogen (secondary N) is 1. The molecule has 0 bridgehead atoms. The molecule has 156 valence electrons. The van der Waals surface area contributed by atoms with Crippen LogP contribution < -0.4 is 5.32 Å². The van der Waals surface area contributed by atoms with Crippen molar-refractivity contribution < 1.29 is 9.59 Å². The highest BCUT2D eigenvalue weighted by Crippen LogP contribution is 2.33. The van der Waals surface area contributed by atoms with Crippen molar-refractivity contribution in [3.63, 3.8) is 0 Å². The lowest BCUT2D eigenvalue weighted by Gasteiger charge is -2.30. The second-order valence-corrected chi connectivity index (χ2v) is 8.28. The zero-order valence-corrected chi connectivity index (χ0v) is 17.9. The molecule has 6 heteroatoms. The molecule has 2 atom stereocenters. The molecule has 2 aromatic carbocycles. The van der Waals surface area contributed by atoms with Crippen LogP contribution in [0.5, 0.6) is 0 Å². The topological polar surface area (TPSA) is 52.7 Å². The minimum atomic E-state index is -0.650. The molecule has 2 aliphatic heterocycles. The molecule has 2 heterocycles. The number of likely N-dealkylation sites (tertiary alicyclic amines) is 1. The summed E-state index contributed by atoms with van der Waals surface area (Å²) in [7, 11) is 0. The van der Waals surface area contributed by atoms with Crippen molar-refractivity contribution in [2.75, 3.05) is 19.6 Å². The molecule has 0 aliphatic carbocycles. The largest absolute Gasteiger partial charge is 0.352 e. The first kappa shape index (κ1) is 20.6. The average Bonchev–Trinajstić information content (AvgIpc) is 3.37. The Morgan fingerprint density at radius 1 is 1.10 bits per heavy atom. The molecule has 0 radical (unpaired) electrons. The van der Waals surface area contributed by atoms with E-state index in [1.54, 1.807) is 13.0 Å². The second kappa shape index (κ2) is 8.62. The molecule has 1 N–H and O–H groups in total. The van der Waals surface area contributed by atoms with Gasteiger partial charge >= 0.3 is 0 Å². The third-order valence-electron chi connectivity index (χ3n) is 6.06. The number of carbonyl (C=O) groups is 2. The Labute approximate surface area is 182 Å². The van der Waals surface area contributed by atoms with Crippen LogP contribution in [0.4, 0.5) is 0 Å². The van der Waals surface area contributed by atoms with Gasteiger partial charge in [-0.3, -0.25) is 19.4 Å². The highest BCUT2D eigenvalue weighted by atomic mass is 35.5. The molecule has 1 fully saturated rings. The van der Waals surface area contributed by atoms with E-state index in [-0.39, 0.29) is 17.9 Å². The van der Waals surface area contributed by atoms with E-state index in [2.05, 4.69) is 16.8 Å². The number of carbonyl (C=O) groups excluding carboxylic acids is 2. The fraction of sp³-hybridized carbons (Fsp3) is 0.333. The molecule has 0 spiro atoms. The Morgan fingerprint density at radius 3 is 2.40 bits per heavy atom. The average molecular weight is 424 g/mol. The molecule has 2 unspecified atom stereocenters. The fourth-order valence-corrected chi connectivity index (χ4v) is 4.67. The fourth-order valence-electron chi connectivity index (χ4n) is 4.41. The lowest BCUT2D eigenvalue weighted by molar-refractivity contribution is -0.124. The number of halogens is 1. The number of rotatable bonds is 6. The van der Waals surface area contributed by atoms with E-state index in [0.717, 1.165) is 37.1 Å². The Hall–Kier alpha value is -2.63.